The third-order valence-electron chi connectivity index (χ3n) is 4.79. The first-order valence-corrected chi connectivity index (χ1v) is 9.18. The molecule has 2 heterocycles. The minimum Gasteiger partial charge on any atom is -0.338 e. The van der Waals surface area contributed by atoms with Crippen LogP contribution in [0.15, 0.2) is 48.8 Å². The predicted octanol–water partition coefficient (Wildman–Crippen LogP) is 4.40. The van der Waals surface area contributed by atoms with E-state index in [4.69, 9.17) is 0 Å². The quantitative estimate of drug-likeness (QED) is 0.660. The molecule has 134 valence electrons. The summed E-state index contributed by atoms with van der Waals surface area (Å²) in [5.41, 5.74) is 3.06. The SMILES string of the molecule is CCCN(CC1CC1)C(=O)c1ccc2nc(-c3ccc(F)cc3)cn2c1. The van der Waals surface area contributed by atoms with Gasteiger partial charge in [-0.2, -0.15) is 0 Å². The van der Waals surface area contributed by atoms with Gasteiger partial charge in [-0.15, -0.1) is 0 Å². The van der Waals surface area contributed by atoms with Crippen molar-refractivity contribution in [2.45, 2.75) is 26.2 Å². The molecule has 0 saturated heterocycles. The van der Waals surface area contributed by atoms with Crippen LogP contribution in [-0.4, -0.2) is 33.3 Å². The molecule has 0 spiro atoms. The molecule has 0 aliphatic heterocycles. The molecule has 0 radical (unpaired) electrons. The van der Waals surface area contributed by atoms with Gasteiger partial charge in [0.15, 0.2) is 0 Å². The maximum atomic E-state index is 13.1. The summed E-state index contributed by atoms with van der Waals surface area (Å²) in [5, 5.41) is 0. The second kappa shape index (κ2) is 6.90. The number of hydrogen-bond donors (Lipinski definition) is 0. The summed E-state index contributed by atoms with van der Waals surface area (Å²) in [4.78, 5) is 19.4. The van der Waals surface area contributed by atoms with Crippen LogP contribution >= 0.6 is 0 Å². The Balaban J connectivity index is 1.62. The fraction of sp³-hybridized carbons (Fsp3) is 0.333. The largest absolute Gasteiger partial charge is 0.338 e. The number of benzene rings is 1. The van der Waals surface area contributed by atoms with Gasteiger partial charge in [0.1, 0.15) is 11.5 Å². The topological polar surface area (TPSA) is 37.6 Å². The van der Waals surface area contributed by atoms with Crippen molar-refractivity contribution in [3.05, 3.63) is 60.2 Å². The van der Waals surface area contributed by atoms with Crippen LogP contribution in [0.2, 0.25) is 0 Å². The zero-order valence-corrected chi connectivity index (χ0v) is 14.9. The number of carbonyl (C=O) groups excluding carboxylic acids is 1. The molecule has 0 N–H and O–H groups in total. The van der Waals surface area contributed by atoms with Gasteiger partial charge >= 0.3 is 0 Å². The van der Waals surface area contributed by atoms with E-state index in [1.165, 1.54) is 25.0 Å². The standard InChI is InChI=1S/C21H22FN3O/c1-2-11-24(12-15-3-4-15)21(26)17-7-10-20-23-19(14-25(20)13-17)16-5-8-18(22)9-6-16/h5-10,13-15H,2-4,11-12H2,1H3. The Labute approximate surface area is 152 Å². The Hall–Kier alpha value is -2.69. The van der Waals surface area contributed by atoms with E-state index in [-0.39, 0.29) is 11.7 Å². The number of pyridine rings is 1. The van der Waals surface area contributed by atoms with Gasteiger partial charge in [0.05, 0.1) is 11.3 Å². The van der Waals surface area contributed by atoms with E-state index in [2.05, 4.69) is 11.9 Å². The number of amides is 1. The summed E-state index contributed by atoms with van der Waals surface area (Å²) >= 11 is 0. The van der Waals surface area contributed by atoms with Gasteiger partial charge in [0.2, 0.25) is 0 Å². The van der Waals surface area contributed by atoms with Crippen LogP contribution in [0.5, 0.6) is 0 Å². The number of halogens is 1. The van der Waals surface area contributed by atoms with Gasteiger partial charge < -0.3 is 9.30 Å². The van der Waals surface area contributed by atoms with Crippen LogP contribution in [0, 0.1) is 11.7 Å². The monoisotopic (exact) mass is 351 g/mol. The van der Waals surface area contributed by atoms with Crippen molar-refractivity contribution < 1.29 is 9.18 Å². The van der Waals surface area contributed by atoms with Gasteiger partial charge in [-0.3, -0.25) is 4.79 Å². The molecule has 1 saturated carbocycles. The average molecular weight is 351 g/mol. The van der Waals surface area contributed by atoms with Crippen molar-refractivity contribution in [3.63, 3.8) is 0 Å². The molecule has 0 atom stereocenters. The molecule has 3 aromatic rings. The zero-order chi connectivity index (χ0) is 18.1. The van der Waals surface area contributed by atoms with Crippen LogP contribution in [0.4, 0.5) is 4.39 Å². The molecule has 5 heteroatoms. The normalized spacial score (nSPS) is 13.9. The highest BCUT2D eigenvalue weighted by atomic mass is 19.1. The van der Waals surface area contributed by atoms with Crippen molar-refractivity contribution in [2.24, 2.45) is 5.92 Å². The summed E-state index contributed by atoms with van der Waals surface area (Å²) in [5.74, 6) is 0.488. The van der Waals surface area contributed by atoms with E-state index in [0.29, 0.717) is 11.5 Å². The molecule has 1 aromatic carbocycles. The summed E-state index contributed by atoms with van der Waals surface area (Å²) < 4.78 is 15.0. The number of aromatic nitrogens is 2. The highest BCUT2D eigenvalue weighted by molar-refractivity contribution is 5.94. The van der Waals surface area contributed by atoms with Crippen LogP contribution in [0.3, 0.4) is 0 Å². The number of carbonyl (C=O) groups is 1. The van der Waals surface area contributed by atoms with Crippen molar-refractivity contribution >= 4 is 11.6 Å². The van der Waals surface area contributed by atoms with E-state index >= 15 is 0 Å². The van der Waals surface area contributed by atoms with Crippen LogP contribution in [0.1, 0.15) is 36.5 Å². The van der Waals surface area contributed by atoms with Gasteiger partial charge in [-0.1, -0.05) is 6.92 Å². The number of imidazole rings is 1. The van der Waals surface area contributed by atoms with E-state index < -0.39 is 0 Å². The van der Waals surface area contributed by atoms with E-state index in [1.54, 1.807) is 12.1 Å². The first-order valence-electron chi connectivity index (χ1n) is 9.18. The number of nitrogens with zero attached hydrogens (tertiary/aromatic N) is 3. The Bertz CT molecular complexity index is 928. The lowest BCUT2D eigenvalue weighted by Crippen LogP contribution is -2.33. The van der Waals surface area contributed by atoms with E-state index in [0.717, 1.165) is 36.4 Å². The first-order chi connectivity index (χ1) is 12.6. The Morgan fingerprint density at radius 3 is 2.65 bits per heavy atom. The van der Waals surface area contributed by atoms with Crippen molar-refractivity contribution in [1.29, 1.82) is 0 Å². The molecule has 26 heavy (non-hydrogen) atoms. The molecular formula is C21H22FN3O. The lowest BCUT2D eigenvalue weighted by Gasteiger charge is -2.22. The molecule has 2 aromatic heterocycles. The minimum atomic E-state index is -0.267. The van der Waals surface area contributed by atoms with Crippen molar-refractivity contribution in [2.75, 3.05) is 13.1 Å². The Morgan fingerprint density at radius 2 is 1.96 bits per heavy atom. The fourth-order valence-corrected chi connectivity index (χ4v) is 3.22. The molecular weight excluding hydrogens is 329 g/mol. The molecule has 0 unspecified atom stereocenters. The summed E-state index contributed by atoms with van der Waals surface area (Å²) in [6.45, 7) is 3.74. The summed E-state index contributed by atoms with van der Waals surface area (Å²) in [6, 6.07) is 9.98. The molecule has 1 fully saturated rings. The zero-order valence-electron chi connectivity index (χ0n) is 14.9. The predicted molar refractivity (Wildman–Crippen MR) is 99.5 cm³/mol. The number of fused-ring (bicyclic) bond motifs is 1. The Kier molecular flexibility index (Phi) is 4.45. The van der Waals surface area contributed by atoms with Crippen molar-refractivity contribution in [1.82, 2.24) is 14.3 Å². The summed E-state index contributed by atoms with van der Waals surface area (Å²) in [7, 11) is 0. The van der Waals surface area contributed by atoms with Gasteiger partial charge in [0.25, 0.3) is 5.91 Å². The highest BCUT2D eigenvalue weighted by Gasteiger charge is 2.27. The lowest BCUT2D eigenvalue weighted by atomic mass is 10.2. The average Bonchev–Trinajstić information content (AvgIpc) is 3.36. The van der Waals surface area contributed by atoms with Crippen LogP contribution < -0.4 is 0 Å². The maximum absolute atomic E-state index is 13.1. The van der Waals surface area contributed by atoms with Crippen LogP contribution in [0.25, 0.3) is 16.9 Å². The number of rotatable bonds is 6. The van der Waals surface area contributed by atoms with Gasteiger partial charge in [-0.25, -0.2) is 9.37 Å². The van der Waals surface area contributed by atoms with Gasteiger partial charge in [-0.05, 0) is 61.6 Å². The van der Waals surface area contributed by atoms with Crippen molar-refractivity contribution in [3.8, 4) is 11.3 Å². The molecule has 0 bridgehead atoms. The second-order valence-electron chi connectivity index (χ2n) is 7.01. The Morgan fingerprint density at radius 1 is 1.19 bits per heavy atom. The van der Waals surface area contributed by atoms with E-state index in [1.807, 2.05) is 33.8 Å². The van der Waals surface area contributed by atoms with Gasteiger partial charge in [0, 0.05) is 31.0 Å². The third kappa shape index (κ3) is 3.47. The second-order valence-corrected chi connectivity index (χ2v) is 7.01. The summed E-state index contributed by atoms with van der Waals surface area (Å²) in [6.07, 6.45) is 7.14. The third-order valence-corrected chi connectivity index (χ3v) is 4.79. The first kappa shape index (κ1) is 16.8. The maximum Gasteiger partial charge on any atom is 0.255 e. The molecule has 1 aliphatic rings. The smallest absolute Gasteiger partial charge is 0.255 e. The minimum absolute atomic E-state index is 0.0812. The molecule has 1 aliphatic carbocycles. The van der Waals surface area contributed by atoms with E-state index in [9.17, 15) is 9.18 Å². The highest BCUT2D eigenvalue weighted by Crippen LogP contribution is 2.30. The molecule has 4 rings (SSSR count). The fourth-order valence-electron chi connectivity index (χ4n) is 3.22. The molecule has 1 amide bonds. The number of hydrogen-bond acceptors (Lipinski definition) is 2. The molecule has 4 nitrogen and oxygen atoms in total. The lowest BCUT2D eigenvalue weighted by molar-refractivity contribution is 0.0747. The van der Waals surface area contributed by atoms with Crippen LogP contribution in [-0.2, 0) is 0 Å².